The van der Waals surface area contributed by atoms with Crippen molar-refractivity contribution in [3.63, 3.8) is 0 Å². The molecule has 0 saturated carbocycles. The van der Waals surface area contributed by atoms with Crippen molar-refractivity contribution in [2.45, 2.75) is 38.7 Å². The van der Waals surface area contributed by atoms with Crippen molar-refractivity contribution >= 4 is 5.97 Å². The molecule has 1 aromatic rings. The van der Waals surface area contributed by atoms with Gasteiger partial charge in [-0.25, -0.2) is 0 Å². The SMILES string of the molecule is O=C(CCCOCCOCCOCCN1CCCCC1)OCc1ccccc1. The number of esters is 1. The first-order valence-corrected chi connectivity index (χ1v) is 10.5. The number of hydrogen-bond acceptors (Lipinski definition) is 6. The number of hydrogen-bond donors (Lipinski definition) is 0. The lowest BCUT2D eigenvalue weighted by molar-refractivity contribution is -0.145. The average Bonchev–Trinajstić information content (AvgIpc) is 2.74. The predicted molar refractivity (Wildman–Crippen MR) is 108 cm³/mol. The summed E-state index contributed by atoms with van der Waals surface area (Å²) >= 11 is 0. The molecule has 0 amide bonds. The summed E-state index contributed by atoms with van der Waals surface area (Å²) in [5.41, 5.74) is 1.000. The van der Waals surface area contributed by atoms with Gasteiger partial charge in [0.25, 0.3) is 0 Å². The van der Waals surface area contributed by atoms with Crippen LogP contribution in [0.15, 0.2) is 30.3 Å². The molecule has 28 heavy (non-hydrogen) atoms. The third kappa shape index (κ3) is 11.4. The van der Waals surface area contributed by atoms with Gasteiger partial charge in [0.05, 0.1) is 33.0 Å². The molecule has 0 spiro atoms. The van der Waals surface area contributed by atoms with Crippen molar-refractivity contribution in [2.75, 3.05) is 59.3 Å². The Hall–Kier alpha value is -1.47. The minimum absolute atomic E-state index is 0.189. The lowest BCUT2D eigenvalue weighted by Crippen LogP contribution is -2.32. The van der Waals surface area contributed by atoms with Crippen molar-refractivity contribution in [3.05, 3.63) is 35.9 Å². The van der Waals surface area contributed by atoms with E-state index in [1.54, 1.807) is 0 Å². The van der Waals surface area contributed by atoms with Crippen LogP contribution in [0.3, 0.4) is 0 Å². The number of piperidine rings is 1. The van der Waals surface area contributed by atoms with Gasteiger partial charge in [0.2, 0.25) is 0 Å². The average molecular weight is 394 g/mol. The highest BCUT2D eigenvalue weighted by atomic mass is 16.5. The molecule has 0 aromatic heterocycles. The second-order valence-electron chi connectivity index (χ2n) is 6.99. The fourth-order valence-corrected chi connectivity index (χ4v) is 3.05. The van der Waals surface area contributed by atoms with Crippen LogP contribution in [0.5, 0.6) is 0 Å². The van der Waals surface area contributed by atoms with Gasteiger partial charge in [-0.05, 0) is 37.9 Å². The quantitative estimate of drug-likeness (QED) is 0.337. The minimum Gasteiger partial charge on any atom is -0.461 e. The molecule has 0 atom stereocenters. The van der Waals surface area contributed by atoms with Crippen LogP contribution in [-0.4, -0.2) is 70.1 Å². The van der Waals surface area contributed by atoms with Crippen LogP contribution < -0.4 is 0 Å². The summed E-state index contributed by atoms with van der Waals surface area (Å²) in [4.78, 5) is 14.1. The van der Waals surface area contributed by atoms with Crippen LogP contribution >= 0.6 is 0 Å². The van der Waals surface area contributed by atoms with Gasteiger partial charge >= 0.3 is 5.97 Å². The molecule has 6 heteroatoms. The summed E-state index contributed by atoms with van der Waals surface area (Å²) in [5.74, 6) is -0.189. The van der Waals surface area contributed by atoms with Crippen molar-refractivity contribution < 1.29 is 23.7 Å². The second kappa shape index (κ2) is 15.5. The van der Waals surface area contributed by atoms with Gasteiger partial charge in [0.15, 0.2) is 0 Å². The second-order valence-corrected chi connectivity index (χ2v) is 6.99. The summed E-state index contributed by atoms with van der Waals surface area (Å²) in [5, 5.41) is 0. The van der Waals surface area contributed by atoms with E-state index in [4.69, 9.17) is 18.9 Å². The molecule has 1 saturated heterocycles. The Bertz CT molecular complexity index is 505. The molecular weight excluding hydrogens is 358 g/mol. The van der Waals surface area contributed by atoms with E-state index in [0.29, 0.717) is 52.5 Å². The molecular formula is C22H35NO5. The van der Waals surface area contributed by atoms with E-state index in [1.807, 2.05) is 30.3 Å². The molecule has 158 valence electrons. The first-order valence-electron chi connectivity index (χ1n) is 10.5. The number of benzene rings is 1. The van der Waals surface area contributed by atoms with Gasteiger partial charge < -0.3 is 23.8 Å². The zero-order valence-electron chi connectivity index (χ0n) is 17.0. The Morgan fingerprint density at radius 3 is 2.18 bits per heavy atom. The van der Waals surface area contributed by atoms with Crippen LogP contribution in [0.1, 0.15) is 37.7 Å². The lowest BCUT2D eigenvalue weighted by atomic mass is 10.1. The van der Waals surface area contributed by atoms with E-state index in [9.17, 15) is 4.79 Å². The van der Waals surface area contributed by atoms with Gasteiger partial charge in [-0.15, -0.1) is 0 Å². The molecule has 6 nitrogen and oxygen atoms in total. The first kappa shape index (κ1) is 22.8. The van der Waals surface area contributed by atoms with Crippen molar-refractivity contribution in [1.82, 2.24) is 4.90 Å². The molecule has 1 aliphatic rings. The molecule has 0 radical (unpaired) electrons. The Kier molecular flexibility index (Phi) is 12.6. The topological polar surface area (TPSA) is 57.2 Å². The number of nitrogens with zero attached hydrogens (tertiary/aromatic N) is 1. The van der Waals surface area contributed by atoms with Gasteiger partial charge in [0.1, 0.15) is 6.61 Å². The van der Waals surface area contributed by atoms with E-state index in [-0.39, 0.29) is 5.97 Å². The summed E-state index contributed by atoms with van der Waals surface area (Å²) in [6, 6.07) is 9.68. The van der Waals surface area contributed by atoms with Gasteiger partial charge in [-0.3, -0.25) is 4.79 Å². The highest BCUT2D eigenvalue weighted by Crippen LogP contribution is 2.07. The maximum Gasteiger partial charge on any atom is 0.306 e. The van der Waals surface area contributed by atoms with E-state index in [2.05, 4.69) is 4.90 Å². The van der Waals surface area contributed by atoms with Crippen LogP contribution in [-0.2, 0) is 30.3 Å². The summed E-state index contributed by atoms with van der Waals surface area (Å²) < 4.78 is 21.8. The van der Waals surface area contributed by atoms with Crippen molar-refractivity contribution in [2.24, 2.45) is 0 Å². The van der Waals surface area contributed by atoms with E-state index < -0.39 is 0 Å². The number of carbonyl (C=O) groups is 1. The monoisotopic (exact) mass is 393 g/mol. The maximum atomic E-state index is 11.7. The number of ether oxygens (including phenoxy) is 4. The van der Waals surface area contributed by atoms with E-state index >= 15 is 0 Å². The van der Waals surface area contributed by atoms with Gasteiger partial charge in [0, 0.05) is 19.6 Å². The summed E-state index contributed by atoms with van der Waals surface area (Å²) in [6.07, 6.45) is 5.04. The Morgan fingerprint density at radius 1 is 0.821 bits per heavy atom. The molecule has 0 bridgehead atoms. The summed E-state index contributed by atoms with van der Waals surface area (Å²) in [6.45, 7) is 7.39. The zero-order valence-corrected chi connectivity index (χ0v) is 17.0. The van der Waals surface area contributed by atoms with Crippen molar-refractivity contribution in [1.29, 1.82) is 0 Å². The Morgan fingerprint density at radius 2 is 1.46 bits per heavy atom. The summed E-state index contributed by atoms with van der Waals surface area (Å²) in [7, 11) is 0. The molecule has 1 aromatic carbocycles. The van der Waals surface area contributed by atoms with Gasteiger partial charge in [-0.2, -0.15) is 0 Å². The normalized spacial score (nSPS) is 14.9. The molecule has 1 fully saturated rings. The van der Waals surface area contributed by atoms with Gasteiger partial charge in [-0.1, -0.05) is 36.8 Å². The Labute approximate surface area is 169 Å². The smallest absolute Gasteiger partial charge is 0.306 e. The predicted octanol–water partition coefficient (Wildman–Crippen LogP) is 3.05. The minimum atomic E-state index is -0.189. The highest BCUT2D eigenvalue weighted by Gasteiger charge is 2.08. The molecule has 2 rings (SSSR count). The fourth-order valence-electron chi connectivity index (χ4n) is 3.05. The van der Waals surface area contributed by atoms with Crippen LogP contribution in [0.2, 0.25) is 0 Å². The highest BCUT2D eigenvalue weighted by molar-refractivity contribution is 5.69. The maximum absolute atomic E-state index is 11.7. The zero-order chi connectivity index (χ0) is 19.7. The molecule has 0 unspecified atom stereocenters. The van der Waals surface area contributed by atoms with Crippen LogP contribution in [0.25, 0.3) is 0 Å². The number of likely N-dealkylation sites (tertiary alicyclic amines) is 1. The number of carbonyl (C=O) groups excluding carboxylic acids is 1. The molecule has 0 aliphatic carbocycles. The molecule has 1 heterocycles. The first-order chi connectivity index (χ1) is 13.8. The Balaban J connectivity index is 1.29. The fraction of sp³-hybridized carbons (Fsp3) is 0.682. The van der Waals surface area contributed by atoms with Crippen molar-refractivity contribution in [3.8, 4) is 0 Å². The van der Waals surface area contributed by atoms with Crippen LogP contribution in [0.4, 0.5) is 0 Å². The number of rotatable bonds is 15. The standard InChI is InChI=1S/C22H35NO5/c24-22(28-20-21-8-3-1-4-9-21)10-7-14-25-16-18-27-19-17-26-15-13-23-11-5-2-6-12-23/h1,3-4,8-9H,2,5-7,10-20H2. The third-order valence-corrected chi connectivity index (χ3v) is 4.66. The lowest BCUT2D eigenvalue weighted by Gasteiger charge is -2.26. The van der Waals surface area contributed by atoms with E-state index in [1.165, 1.54) is 32.4 Å². The van der Waals surface area contributed by atoms with E-state index in [0.717, 1.165) is 18.7 Å². The molecule has 1 aliphatic heterocycles. The third-order valence-electron chi connectivity index (χ3n) is 4.66. The molecule has 0 N–H and O–H groups in total. The van der Waals surface area contributed by atoms with Crippen LogP contribution in [0, 0.1) is 0 Å². The largest absolute Gasteiger partial charge is 0.461 e.